The highest BCUT2D eigenvalue weighted by Gasteiger charge is 2.40. The van der Waals surface area contributed by atoms with E-state index in [0.717, 1.165) is 17.7 Å². The zero-order valence-electron chi connectivity index (χ0n) is 13.7. The Morgan fingerprint density at radius 2 is 1.81 bits per heavy atom. The maximum absolute atomic E-state index is 12.1. The van der Waals surface area contributed by atoms with Gasteiger partial charge in [-0.15, -0.1) is 0 Å². The zero-order chi connectivity index (χ0) is 15.8. The number of hydrogen-bond donors (Lipinski definition) is 1. The zero-order valence-corrected chi connectivity index (χ0v) is 13.7. The summed E-state index contributed by atoms with van der Waals surface area (Å²) in [7, 11) is 3.27. The van der Waals surface area contributed by atoms with Gasteiger partial charge in [-0.05, 0) is 35.1 Å². The second-order valence-corrected chi connectivity index (χ2v) is 6.67. The number of hydrogen-bond acceptors (Lipinski definition) is 3. The van der Waals surface area contributed by atoms with Crippen molar-refractivity contribution in [3.05, 3.63) is 23.3 Å². The number of carbonyl (C=O) groups excluding carboxylic acids is 1. The van der Waals surface area contributed by atoms with Crippen molar-refractivity contribution in [2.75, 3.05) is 14.2 Å². The van der Waals surface area contributed by atoms with Gasteiger partial charge < -0.3 is 14.8 Å². The third-order valence-corrected chi connectivity index (χ3v) is 4.19. The Hall–Kier alpha value is -1.71. The van der Waals surface area contributed by atoms with Gasteiger partial charge in [-0.3, -0.25) is 4.79 Å². The number of nitrogens with one attached hydrogen (secondary N) is 1. The Bertz CT molecular complexity index is 549. The lowest BCUT2D eigenvalue weighted by Crippen LogP contribution is -2.37. The Kier molecular flexibility index (Phi) is 4.17. The number of rotatable bonds is 4. The van der Waals surface area contributed by atoms with Crippen LogP contribution in [0.25, 0.3) is 0 Å². The molecule has 0 radical (unpaired) electrons. The predicted molar refractivity (Wildman–Crippen MR) is 82.8 cm³/mol. The molecule has 0 saturated carbocycles. The molecule has 1 aromatic carbocycles. The molecular weight excluding hydrogens is 266 g/mol. The Morgan fingerprint density at radius 3 is 2.33 bits per heavy atom. The van der Waals surface area contributed by atoms with Crippen molar-refractivity contribution in [2.45, 2.75) is 40.2 Å². The predicted octanol–water partition coefficient (Wildman–Crippen LogP) is 3.10. The molecule has 1 unspecified atom stereocenters. The maximum atomic E-state index is 12.1. The fraction of sp³-hybridized carbons (Fsp3) is 0.588. The van der Waals surface area contributed by atoms with Crippen LogP contribution in [-0.4, -0.2) is 20.1 Å². The van der Waals surface area contributed by atoms with Gasteiger partial charge in [-0.2, -0.15) is 0 Å². The summed E-state index contributed by atoms with van der Waals surface area (Å²) in [6.07, 6.45) is 0.908. The van der Waals surface area contributed by atoms with Crippen molar-refractivity contribution in [1.29, 1.82) is 0 Å². The first-order valence-corrected chi connectivity index (χ1v) is 7.35. The monoisotopic (exact) mass is 291 g/mol. The molecular formula is C17H25NO3. The van der Waals surface area contributed by atoms with E-state index in [9.17, 15) is 4.79 Å². The normalized spacial score (nSPS) is 19.3. The second kappa shape index (κ2) is 5.58. The second-order valence-electron chi connectivity index (χ2n) is 6.67. The van der Waals surface area contributed by atoms with Gasteiger partial charge in [0, 0.05) is 5.92 Å². The summed E-state index contributed by atoms with van der Waals surface area (Å²) >= 11 is 0. The van der Waals surface area contributed by atoms with Crippen LogP contribution in [0.1, 0.15) is 44.9 Å². The van der Waals surface area contributed by atoms with E-state index in [-0.39, 0.29) is 23.3 Å². The highest BCUT2D eigenvalue weighted by atomic mass is 16.5. The molecule has 1 aromatic rings. The number of methoxy groups -OCH3 is 2. The molecule has 0 fully saturated rings. The van der Waals surface area contributed by atoms with E-state index in [1.807, 2.05) is 26.0 Å². The average molecular weight is 291 g/mol. The topological polar surface area (TPSA) is 47.6 Å². The minimum atomic E-state index is -0.0236. The Balaban J connectivity index is 2.42. The lowest BCUT2D eigenvalue weighted by molar-refractivity contribution is -0.125. The SMILES string of the molecule is COc1cc2c(cc1OC)C(NC(=O)C(C)C)C(C)(C)C2. The van der Waals surface area contributed by atoms with Crippen LogP contribution in [0.4, 0.5) is 0 Å². The lowest BCUT2D eigenvalue weighted by Gasteiger charge is -2.29. The van der Waals surface area contributed by atoms with Gasteiger partial charge in [-0.25, -0.2) is 0 Å². The number of fused-ring (bicyclic) bond motifs is 1. The molecule has 2 rings (SSSR count). The van der Waals surface area contributed by atoms with E-state index < -0.39 is 0 Å². The summed E-state index contributed by atoms with van der Waals surface area (Å²) in [6.45, 7) is 8.17. The highest BCUT2D eigenvalue weighted by Crippen LogP contribution is 2.48. The van der Waals surface area contributed by atoms with Gasteiger partial charge in [0.25, 0.3) is 0 Å². The fourth-order valence-electron chi connectivity index (χ4n) is 2.95. The van der Waals surface area contributed by atoms with Gasteiger partial charge in [0.2, 0.25) is 5.91 Å². The third-order valence-electron chi connectivity index (χ3n) is 4.19. The molecule has 0 aliphatic heterocycles. The molecule has 21 heavy (non-hydrogen) atoms. The van der Waals surface area contributed by atoms with Crippen LogP contribution in [-0.2, 0) is 11.2 Å². The molecule has 116 valence electrons. The van der Waals surface area contributed by atoms with Crippen LogP contribution in [0.3, 0.4) is 0 Å². The molecule has 1 amide bonds. The molecule has 0 bridgehead atoms. The summed E-state index contributed by atoms with van der Waals surface area (Å²) < 4.78 is 10.8. The summed E-state index contributed by atoms with van der Waals surface area (Å²) in [5.74, 6) is 1.50. The molecule has 0 saturated heterocycles. The van der Waals surface area contributed by atoms with Gasteiger partial charge >= 0.3 is 0 Å². The molecule has 1 aliphatic rings. The van der Waals surface area contributed by atoms with Gasteiger partial charge in [0.1, 0.15) is 0 Å². The minimum absolute atomic E-state index is 0.00204. The maximum Gasteiger partial charge on any atom is 0.223 e. The average Bonchev–Trinajstić information content (AvgIpc) is 2.67. The van der Waals surface area contributed by atoms with E-state index in [0.29, 0.717) is 5.75 Å². The molecule has 0 aromatic heterocycles. The van der Waals surface area contributed by atoms with E-state index in [1.54, 1.807) is 14.2 Å². The molecule has 4 heteroatoms. The molecule has 0 spiro atoms. The van der Waals surface area contributed by atoms with E-state index in [2.05, 4.69) is 19.2 Å². The number of carbonyl (C=O) groups is 1. The van der Waals surface area contributed by atoms with Crippen LogP contribution < -0.4 is 14.8 Å². The van der Waals surface area contributed by atoms with E-state index in [4.69, 9.17) is 9.47 Å². The Morgan fingerprint density at radius 1 is 1.24 bits per heavy atom. The number of ether oxygens (including phenoxy) is 2. The van der Waals surface area contributed by atoms with Crippen molar-refractivity contribution in [1.82, 2.24) is 5.32 Å². The van der Waals surface area contributed by atoms with Crippen LogP contribution in [0.2, 0.25) is 0 Å². The minimum Gasteiger partial charge on any atom is -0.493 e. The van der Waals surface area contributed by atoms with Crippen LogP contribution in [0.5, 0.6) is 11.5 Å². The molecule has 1 atom stereocenters. The van der Waals surface area contributed by atoms with Crippen molar-refractivity contribution >= 4 is 5.91 Å². The quantitative estimate of drug-likeness (QED) is 0.927. The molecule has 1 aliphatic carbocycles. The summed E-state index contributed by atoms with van der Waals surface area (Å²) in [5.41, 5.74) is 2.32. The van der Waals surface area contributed by atoms with Crippen LogP contribution in [0.15, 0.2) is 12.1 Å². The van der Waals surface area contributed by atoms with Crippen molar-refractivity contribution in [3.8, 4) is 11.5 Å². The summed E-state index contributed by atoms with van der Waals surface area (Å²) in [6, 6.07) is 4.02. The number of benzene rings is 1. The highest BCUT2D eigenvalue weighted by molar-refractivity contribution is 5.78. The van der Waals surface area contributed by atoms with Crippen molar-refractivity contribution < 1.29 is 14.3 Å². The van der Waals surface area contributed by atoms with Crippen LogP contribution in [0, 0.1) is 11.3 Å². The largest absolute Gasteiger partial charge is 0.493 e. The van der Waals surface area contributed by atoms with Gasteiger partial charge in [-0.1, -0.05) is 27.7 Å². The molecule has 4 nitrogen and oxygen atoms in total. The lowest BCUT2D eigenvalue weighted by atomic mass is 9.85. The van der Waals surface area contributed by atoms with Crippen LogP contribution >= 0.6 is 0 Å². The Labute approximate surface area is 126 Å². The van der Waals surface area contributed by atoms with Gasteiger partial charge in [0.15, 0.2) is 11.5 Å². The number of amides is 1. The standard InChI is InChI=1S/C17H25NO3/c1-10(2)16(19)18-15-12-8-14(21-6)13(20-5)7-11(12)9-17(15,3)4/h7-8,10,15H,9H2,1-6H3,(H,18,19). The smallest absolute Gasteiger partial charge is 0.223 e. The molecule has 1 N–H and O–H groups in total. The van der Waals surface area contributed by atoms with Gasteiger partial charge in [0.05, 0.1) is 20.3 Å². The summed E-state index contributed by atoms with van der Waals surface area (Å²) in [4.78, 5) is 12.1. The van der Waals surface area contributed by atoms with E-state index >= 15 is 0 Å². The van der Waals surface area contributed by atoms with Crippen molar-refractivity contribution in [3.63, 3.8) is 0 Å². The van der Waals surface area contributed by atoms with E-state index in [1.165, 1.54) is 5.56 Å². The fourth-order valence-corrected chi connectivity index (χ4v) is 2.95. The summed E-state index contributed by atoms with van der Waals surface area (Å²) in [5, 5.41) is 3.18. The first-order chi connectivity index (χ1) is 9.80. The van der Waals surface area contributed by atoms with Crippen molar-refractivity contribution in [2.24, 2.45) is 11.3 Å². The molecule has 0 heterocycles. The first-order valence-electron chi connectivity index (χ1n) is 7.35. The third kappa shape index (κ3) is 2.85. The first kappa shape index (κ1) is 15.7.